The summed E-state index contributed by atoms with van der Waals surface area (Å²) in [5, 5.41) is 3.13. The summed E-state index contributed by atoms with van der Waals surface area (Å²) in [6, 6.07) is 23.5. The van der Waals surface area contributed by atoms with Crippen LogP contribution in [-0.2, 0) is 17.1 Å². The molecular weight excluding hydrogens is 419 g/mol. The number of hydrogen-bond donors (Lipinski definition) is 1. The second kappa shape index (κ2) is 10.8. The van der Waals surface area contributed by atoms with E-state index in [-0.39, 0.29) is 17.6 Å². The van der Waals surface area contributed by atoms with Crippen LogP contribution in [0, 0.1) is 18.7 Å². The van der Waals surface area contributed by atoms with Crippen LogP contribution in [-0.4, -0.2) is 23.9 Å². The maximum absolute atomic E-state index is 14.0. The summed E-state index contributed by atoms with van der Waals surface area (Å²) in [4.78, 5) is 16.4. The molecule has 1 aliphatic rings. The summed E-state index contributed by atoms with van der Waals surface area (Å²) in [6.45, 7) is 4.14. The summed E-state index contributed by atoms with van der Waals surface area (Å²) < 4.78 is 14.0. The molecule has 5 heteroatoms. The van der Waals surface area contributed by atoms with Crippen LogP contribution in [0.1, 0.15) is 29.5 Å². The van der Waals surface area contributed by atoms with Gasteiger partial charge in [0.15, 0.2) is 0 Å². The van der Waals surface area contributed by atoms with E-state index in [2.05, 4.69) is 46.6 Å². The Kier molecular flexibility index (Phi) is 7.61. The van der Waals surface area contributed by atoms with Crippen molar-refractivity contribution >= 4 is 23.4 Å². The fraction of sp³-hybridized carbons (Fsp3) is 0.296. The van der Waals surface area contributed by atoms with Crippen LogP contribution in [0.25, 0.3) is 0 Å². The van der Waals surface area contributed by atoms with E-state index in [1.54, 1.807) is 17.8 Å². The van der Waals surface area contributed by atoms with Crippen molar-refractivity contribution in [3.05, 3.63) is 95.3 Å². The van der Waals surface area contributed by atoms with Crippen LogP contribution in [0.4, 0.5) is 10.1 Å². The third kappa shape index (κ3) is 5.99. The Bertz CT molecular complexity index is 1060. The number of anilines is 1. The first-order chi connectivity index (χ1) is 15.6. The van der Waals surface area contributed by atoms with E-state index in [1.165, 1.54) is 16.5 Å². The van der Waals surface area contributed by atoms with Crippen LogP contribution < -0.4 is 5.32 Å². The SMILES string of the molecule is Cc1cc(CSc2ccccc2)ccc1NC(=O)C1CCCN(Cc2ccccc2F)C1. The van der Waals surface area contributed by atoms with Crippen LogP contribution in [0.2, 0.25) is 0 Å². The fourth-order valence-electron chi connectivity index (χ4n) is 4.15. The molecule has 0 spiro atoms. The molecule has 1 N–H and O–H groups in total. The molecule has 0 aromatic heterocycles. The van der Waals surface area contributed by atoms with Crippen LogP contribution in [0.15, 0.2) is 77.7 Å². The minimum Gasteiger partial charge on any atom is -0.326 e. The van der Waals surface area contributed by atoms with Gasteiger partial charge >= 0.3 is 0 Å². The maximum atomic E-state index is 14.0. The van der Waals surface area contributed by atoms with Crippen LogP contribution in [0.3, 0.4) is 0 Å². The van der Waals surface area contributed by atoms with Gasteiger partial charge in [-0.3, -0.25) is 9.69 Å². The molecular formula is C27H29FN2OS. The van der Waals surface area contributed by atoms with Gasteiger partial charge < -0.3 is 5.32 Å². The molecule has 3 aromatic carbocycles. The summed E-state index contributed by atoms with van der Waals surface area (Å²) >= 11 is 1.81. The van der Waals surface area contributed by atoms with Crippen molar-refractivity contribution in [1.82, 2.24) is 4.90 Å². The highest BCUT2D eigenvalue weighted by Gasteiger charge is 2.26. The smallest absolute Gasteiger partial charge is 0.228 e. The molecule has 32 heavy (non-hydrogen) atoms. The zero-order valence-corrected chi connectivity index (χ0v) is 19.2. The third-order valence-electron chi connectivity index (χ3n) is 5.93. The number of nitrogens with one attached hydrogen (secondary N) is 1. The number of carbonyl (C=O) groups excluding carboxylic acids is 1. The molecule has 0 aliphatic carbocycles. The van der Waals surface area contributed by atoms with Gasteiger partial charge in [-0.2, -0.15) is 0 Å². The Morgan fingerprint density at radius 3 is 2.66 bits per heavy atom. The molecule has 0 radical (unpaired) electrons. The van der Waals surface area contributed by atoms with Crippen molar-refractivity contribution in [2.45, 2.75) is 37.0 Å². The molecule has 1 fully saturated rings. The van der Waals surface area contributed by atoms with Gasteiger partial charge in [-0.1, -0.05) is 48.5 Å². The van der Waals surface area contributed by atoms with E-state index in [4.69, 9.17) is 0 Å². The van der Waals surface area contributed by atoms with Gasteiger partial charge in [0.2, 0.25) is 5.91 Å². The fourth-order valence-corrected chi connectivity index (χ4v) is 5.02. The number of likely N-dealkylation sites (tertiary alicyclic amines) is 1. The highest BCUT2D eigenvalue weighted by atomic mass is 32.2. The van der Waals surface area contributed by atoms with Crippen molar-refractivity contribution in [3.8, 4) is 0 Å². The molecule has 1 saturated heterocycles. The van der Waals surface area contributed by atoms with Crippen molar-refractivity contribution in [3.63, 3.8) is 0 Å². The predicted molar refractivity (Wildman–Crippen MR) is 130 cm³/mol. The topological polar surface area (TPSA) is 32.3 Å². The lowest BCUT2D eigenvalue weighted by molar-refractivity contribution is -0.121. The van der Waals surface area contributed by atoms with E-state index in [0.29, 0.717) is 18.7 Å². The van der Waals surface area contributed by atoms with E-state index in [1.807, 2.05) is 31.2 Å². The number of benzene rings is 3. The maximum Gasteiger partial charge on any atom is 0.228 e. The summed E-state index contributed by atoms with van der Waals surface area (Å²) in [7, 11) is 0. The van der Waals surface area contributed by atoms with Crippen molar-refractivity contribution in [2.75, 3.05) is 18.4 Å². The monoisotopic (exact) mass is 448 g/mol. The average molecular weight is 449 g/mol. The summed E-state index contributed by atoms with van der Waals surface area (Å²) in [5.41, 5.74) is 3.87. The van der Waals surface area contributed by atoms with Crippen molar-refractivity contribution in [1.29, 1.82) is 0 Å². The molecule has 166 valence electrons. The number of amides is 1. The van der Waals surface area contributed by atoms with Gasteiger partial charge in [0.05, 0.1) is 5.92 Å². The van der Waals surface area contributed by atoms with Gasteiger partial charge in [0.1, 0.15) is 5.82 Å². The second-order valence-electron chi connectivity index (χ2n) is 8.41. The van der Waals surface area contributed by atoms with E-state index < -0.39 is 0 Å². The minimum absolute atomic E-state index is 0.0535. The van der Waals surface area contributed by atoms with Gasteiger partial charge in [0.25, 0.3) is 0 Å². The Morgan fingerprint density at radius 1 is 1.09 bits per heavy atom. The number of piperidine rings is 1. The molecule has 3 nitrogen and oxygen atoms in total. The zero-order valence-electron chi connectivity index (χ0n) is 18.4. The normalized spacial score (nSPS) is 16.6. The predicted octanol–water partition coefficient (Wildman–Crippen LogP) is 6.28. The number of aryl methyl sites for hydroxylation is 1. The van der Waals surface area contributed by atoms with Gasteiger partial charge in [-0.25, -0.2) is 4.39 Å². The molecule has 1 atom stereocenters. The highest BCUT2D eigenvalue weighted by molar-refractivity contribution is 7.98. The van der Waals surface area contributed by atoms with Crippen molar-refractivity contribution in [2.24, 2.45) is 5.92 Å². The number of thioether (sulfide) groups is 1. The molecule has 0 bridgehead atoms. The summed E-state index contributed by atoms with van der Waals surface area (Å²) in [6.07, 6.45) is 1.81. The Balaban J connectivity index is 1.33. The minimum atomic E-state index is -0.180. The Labute approximate surface area is 194 Å². The lowest BCUT2D eigenvalue weighted by Crippen LogP contribution is -2.40. The third-order valence-corrected chi connectivity index (χ3v) is 7.01. The molecule has 4 rings (SSSR count). The first kappa shape index (κ1) is 22.6. The Hall–Kier alpha value is -2.63. The van der Waals surface area contributed by atoms with E-state index in [9.17, 15) is 9.18 Å². The lowest BCUT2D eigenvalue weighted by Gasteiger charge is -2.32. The van der Waals surface area contributed by atoms with Gasteiger partial charge in [-0.05, 0) is 61.7 Å². The average Bonchev–Trinajstić information content (AvgIpc) is 2.81. The number of halogens is 1. The first-order valence-corrected chi connectivity index (χ1v) is 12.1. The number of rotatable bonds is 7. The molecule has 1 unspecified atom stereocenters. The van der Waals surface area contributed by atoms with Crippen molar-refractivity contribution < 1.29 is 9.18 Å². The number of carbonyl (C=O) groups is 1. The second-order valence-corrected chi connectivity index (χ2v) is 9.45. The zero-order chi connectivity index (χ0) is 22.3. The number of nitrogens with zero attached hydrogens (tertiary/aromatic N) is 1. The molecule has 1 heterocycles. The van der Waals surface area contributed by atoms with Crippen LogP contribution >= 0.6 is 11.8 Å². The molecule has 3 aromatic rings. The highest BCUT2D eigenvalue weighted by Crippen LogP contribution is 2.26. The summed E-state index contributed by atoms with van der Waals surface area (Å²) in [5.74, 6) is 0.688. The largest absolute Gasteiger partial charge is 0.326 e. The van der Waals surface area contributed by atoms with Gasteiger partial charge in [-0.15, -0.1) is 11.8 Å². The molecule has 0 saturated carbocycles. The molecule has 1 amide bonds. The number of hydrogen-bond acceptors (Lipinski definition) is 3. The van der Waals surface area contributed by atoms with Gasteiger partial charge in [0, 0.05) is 35.0 Å². The van der Waals surface area contributed by atoms with E-state index in [0.717, 1.165) is 36.4 Å². The molecule has 1 aliphatic heterocycles. The van der Waals surface area contributed by atoms with E-state index >= 15 is 0 Å². The standard InChI is InChI=1S/C27H29FN2OS/c1-20-16-21(19-32-24-10-3-2-4-11-24)13-14-26(20)29-27(31)23-9-7-15-30(18-23)17-22-8-5-6-12-25(22)28/h2-6,8,10-14,16,23H,7,9,15,17-19H2,1H3,(H,29,31). The van der Waals surface area contributed by atoms with Crippen LogP contribution in [0.5, 0.6) is 0 Å². The lowest BCUT2D eigenvalue weighted by atomic mass is 9.96. The quantitative estimate of drug-likeness (QED) is 0.432. The first-order valence-electron chi connectivity index (χ1n) is 11.1. The Morgan fingerprint density at radius 2 is 1.88 bits per heavy atom.